The highest BCUT2D eigenvalue weighted by Gasteiger charge is 2.46. The van der Waals surface area contributed by atoms with E-state index in [0.717, 1.165) is 31.4 Å². The standard InChI is InChI=1S/C19H27N3O4S/c1-27(24,25)21-10-6-14(7-11-21)19(23)22-15-2-3-16(22)13-18(12-15)26-17-4-8-20-9-5-17/h4-5,8-9,14-16,18H,2-3,6-7,10-13H2,1H3. The third-order valence-corrected chi connectivity index (χ3v) is 7.47. The summed E-state index contributed by atoms with van der Waals surface area (Å²) in [4.78, 5) is 19.3. The first-order chi connectivity index (χ1) is 12.9. The molecule has 2 atom stereocenters. The maximum Gasteiger partial charge on any atom is 0.226 e. The molecule has 0 N–H and O–H groups in total. The molecular formula is C19H27N3O4S. The predicted molar refractivity (Wildman–Crippen MR) is 101 cm³/mol. The van der Waals surface area contributed by atoms with Crippen molar-refractivity contribution in [3.8, 4) is 5.75 Å². The van der Waals surface area contributed by atoms with Gasteiger partial charge in [-0.3, -0.25) is 9.78 Å². The quantitative estimate of drug-likeness (QED) is 0.777. The molecule has 3 aliphatic rings. The number of pyridine rings is 1. The molecule has 0 aromatic carbocycles. The van der Waals surface area contributed by atoms with Gasteiger partial charge < -0.3 is 9.64 Å². The van der Waals surface area contributed by atoms with E-state index in [1.807, 2.05) is 12.1 Å². The average molecular weight is 394 g/mol. The Kier molecular flexibility index (Phi) is 5.11. The summed E-state index contributed by atoms with van der Waals surface area (Å²) < 4.78 is 31.0. The first-order valence-electron chi connectivity index (χ1n) is 9.76. The molecule has 3 aliphatic heterocycles. The molecule has 2 unspecified atom stereocenters. The Morgan fingerprint density at radius 3 is 2.22 bits per heavy atom. The first-order valence-corrected chi connectivity index (χ1v) is 11.6. The Morgan fingerprint density at radius 1 is 1.07 bits per heavy atom. The molecule has 0 aliphatic carbocycles. The van der Waals surface area contributed by atoms with Crippen LogP contribution in [0.5, 0.6) is 5.75 Å². The van der Waals surface area contributed by atoms with Crippen molar-refractivity contribution < 1.29 is 17.9 Å². The van der Waals surface area contributed by atoms with Crippen LogP contribution >= 0.6 is 0 Å². The molecule has 1 aromatic heterocycles. The number of amides is 1. The van der Waals surface area contributed by atoms with Gasteiger partial charge in [-0.2, -0.15) is 0 Å². The van der Waals surface area contributed by atoms with Crippen molar-refractivity contribution in [2.75, 3.05) is 19.3 Å². The van der Waals surface area contributed by atoms with Gasteiger partial charge in [-0.15, -0.1) is 0 Å². The van der Waals surface area contributed by atoms with Crippen LogP contribution in [0, 0.1) is 5.92 Å². The third-order valence-electron chi connectivity index (χ3n) is 6.17. The number of hydrogen-bond donors (Lipinski definition) is 0. The number of carbonyl (C=O) groups is 1. The van der Waals surface area contributed by atoms with Crippen molar-refractivity contribution in [2.45, 2.75) is 56.7 Å². The highest BCUT2D eigenvalue weighted by molar-refractivity contribution is 7.88. The summed E-state index contributed by atoms with van der Waals surface area (Å²) in [5.74, 6) is 1.00. The topological polar surface area (TPSA) is 79.8 Å². The summed E-state index contributed by atoms with van der Waals surface area (Å²) in [5, 5.41) is 0. The molecule has 3 fully saturated rings. The van der Waals surface area contributed by atoms with Crippen LogP contribution in [0.2, 0.25) is 0 Å². The van der Waals surface area contributed by atoms with Crippen LogP contribution in [-0.2, 0) is 14.8 Å². The number of sulfonamides is 1. The highest BCUT2D eigenvalue weighted by Crippen LogP contribution is 2.39. The van der Waals surface area contributed by atoms with Crippen molar-refractivity contribution in [3.63, 3.8) is 0 Å². The fraction of sp³-hybridized carbons (Fsp3) is 0.684. The molecule has 3 saturated heterocycles. The van der Waals surface area contributed by atoms with Crippen LogP contribution in [0.25, 0.3) is 0 Å². The fourth-order valence-corrected chi connectivity index (χ4v) is 5.71. The van der Waals surface area contributed by atoms with Crippen molar-refractivity contribution in [1.82, 2.24) is 14.2 Å². The fourth-order valence-electron chi connectivity index (χ4n) is 4.84. The van der Waals surface area contributed by atoms with Gasteiger partial charge in [0.05, 0.1) is 6.26 Å². The van der Waals surface area contributed by atoms with E-state index < -0.39 is 10.0 Å². The Labute approximate surface area is 160 Å². The molecule has 7 nitrogen and oxygen atoms in total. The number of rotatable bonds is 4. The maximum absolute atomic E-state index is 13.1. The zero-order chi connectivity index (χ0) is 19.0. The lowest BCUT2D eigenvalue weighted by Gasteiger charge is -2.41. The molecule has 0 radical (unpaired) electrons. The van der Waals surface area contributed by atoms with Crippen molar-refractivity contribution in [2.24, 2.45) is 5.92 Å². The second-order valence-electron chi connectivity index (χ2n) is 7.96. The Hall–Kier alpha value is -1.67. The van der Waals surface area contributed by atoms with Gasteiger partial charge in [0.2, 0.25) is 15.9 Å². The van der Waals surface area contributed by atoms with Crippen LogP contribution in [-0.4, -0.2) is 66.0 Å². The molecule has 0 saturated carbocycles. The SMILES string of the molecule is CS(=O)(=O)N1CCC(C(=O)N2C3CCC2CC(Oc2ccncc2)C3)CC1. The third kappa shape index (κ3) is 3.96. The summed E-state index contributed by atoms with van der Waals surface area (Å²) >= 11 is 0. The molecule has 4 rings (SSSR count). The van der Waals surface area contributed by atoms with Crippen LogP contribution in [0.1, 0.15) is 38.5 Å². The smallest absolute Gasteiger partial charge is 0.226 e. The summed E-state index contributed by atoms with van der Waals surface area (Å²) in [7, 11) is -3.16. The van der Waals surface area contributed by atoms with E-state index in [0.29, 0.717) is 25.9 Å². The Morgan fingerprint density at radius 2 is 1.67 bits per heavy atom. The molecule has 4 heterocycles. The van der Waals surface area contributed by atoms with Gasteiger partial charge in [-0.05, 0) is 37.8 Å². The minimum atomic E-state index is -3.16. The maximum atomic E-state index is 13.1. The summed E-state index contributed by atoms with van der Waals surface area (Å²) in [6, 6.07) is 4.23. The second kappa shape index (κ2) is 7.39. The van der Waals surface area contributed by atoms with Crippen molar-refractivity contribution in [3.05, 3.63) is 24.5 Å². The first kappa shape index (κ1) is 18.7. The number of nitrogens with zero attached hydrogens (tertiary/aromatic N) is 3. The summed E-state index contributed by atoms with van der Waals surface area (Å²) in [6.45, 7) is 0.901. The Bertz CT molecular complexity index is 763. The van der Waals surface area contributed by atoms with Gasteiger partial charge in [-0.1, -0.05) is 0 Å². The minimum absolute atomic E-state index is 0.0521. The van der Waals surface area contributed by atoms with Crippen LogP contribution in [0.15, 0.2) is 24.5 Å². The van der Waals surface area contributed by atoms with E-state index in [1.54, 1.807) is 12.4 Å². The summed E-state index contributed by atoms with van der Waals surface area (Å²) in [6.07, 6.45) is 9.89. The van der Waals surface area contributed by atoms with E-state index >= 15 is 0 Å². The molecule has 1 aromatic rings. The predicted octanol–water partition coefficient (Wildman–Crippen LogP) is 1.65. The lowest BCUT2D eigenvalue weighted by molar-refractivity contribution is -0.142. The number of carbonyl (C=O) groups excluding carboxylic acids is 1. The van der Waals surface area contributed by atoms with Crippen LogP contribution in [0.3, 0.4) is 0 Å². The lowest BCUT2D eigenvalue weighted by atomic mass is 9.92. The molecule has 8 heteroatoms. The van der Waals surface area contributed by atoms with Crippen molar-refractivity contribution >= 4 is 15.9 Å². The zero-order valence-corrected chi connectivity index (χ0v) is 16.5. The number of aromatic nitrogens is 1. The van der Waals surface area contributed by atoms with Crippen LogP contribution in [0.4, 0.5) is 0 Å². The lowest BCUT2D eigenvalue weighted by Crippen LogP contribution is -2.52. The number of piperidine rings is 2. The number of fused-ring (bicyclic) bond motifs is 2. The van der Waals surface area contributed by atoms with Gasteiger partial charge in [0.1, 0.15) is 11.9 Å². The minimum Gasteiger partial charge on any atom is -0.490 e. The van der Waals surface area contributed by atoms with Crippen molar-refractivity contribution in [1.29, 1.82) is 0 Å². The average Bonchev–Trinajstić information content (AvgIpc) is 2.92. The second-order valence-corrected chi connectivity index (χ2v) is 9.94. The van der Waals surface area contributed by atoms with Gasteiger partial charge in [0.15, 0.2) is 0 Å². The number of ether oxygens (including phenoxy) is 1. The van der Waals surface area contributed by atoms with E-state index in [2.05, 4.69) is 9.88 Å². The van der Waals surface area contributed by atoms with Gasteiger partial charge in [0.25, 0.3) is 0 Å². The molecule has 148 valence electrons. The van der Waals surface area contributed by atoms with E-state index in [1.165, 1.54) is 10.6 Å². The Balaban J connectivity index is 1.36. The van der Waals surface area contributed by atoms with E-state index in [4.69, 9.17) is 4.74 Å². The molecule has 1 amide bonds. The zero-order valence-electron chi connectivity index (χ0n) is 15.7. The van der Waals surface area contributed by atoms with Gasteiger partial charge in [-0.25, -0.2) is 12.7 Å². The van der Waals surface area contributed by atoms with Gasteiger partial charge >= 0.3 is 0 Å². The molecule has 2 bridgehead atoms. The van der Waals surface area contributed by atoms with E-state index in [9.17, 15) is 13.2 Å². The monoisotopic (exact) mass is 393 g/mol. The molecular weight excluding hydrogens is 366 g/mol. The normalized spacial score (nSPS) is 29.7. The largest absolute Gasteiger partial charge is 0.490 e. The number of hydrogen-bond acceptors (Lipinski definition) is 5. The van der Waals surface area contributed by atoms with E-state index in [-0.39, 0.29) is 30.0 Å². The van der Waals surface area contributed by atoms with Crippen LogP contribution < -0.4 is 4.74 Å². The molecule has 27 heavy (non-hydrogen) atoms. The summed E-state index contributed by atoms with van der Waals surface area (Å²) in [5.41, 5.74) is 0. The van der Waals surface area contributed by atoms with Gasteiger partial charge in [0, 0.05) is 56.3 Å². The highest BCUT2D eigenvalue weighted by atomic mass is 32.2. The molecule has 0 spiro atoms.